The zero-order chi connectivity index (χ0) is 14.7. The number of amides is 2. The van der Waals surface area contributed by atoms with Gasteiger partial charge in [0.25, 0.3) is 11.8 Å². The normalized spacial score (nSPS) is 10.2. The number of thiophene rings is 2. The molecule has 2 N–H and O–H groups in total. The Morgan fingerprint density at radius 2 is 1.95 bits per heavy atom. The maximum atomic E-state index is 12.0. The molecule has 0 aromatic carbocycles. The first kappa shape index (κ1) is 15.0. The number of aryl methyl sites for hydroxylation is 1. The smallest absolute Gasteiger partial charge is 0.279 e. The lowest BCUT2D eigenvalue weighted by atomic mass is 10.3. The van der Waals surface area contributed by atoms with Crippen molar-refractivity contribution in [1.29, 1.82) is 0 Å². The van der Waals surface area contributed by atoms with Gasteiger partial charge in [0.05, 0.1) is 17.6 Å². The van der Waals surface area contributed by atoms with E-state index in [1.54, 1.807) is 11.4 Å². The van der Waals surface area contributed by atoms with E-state index >= 15 is 0 Å². The summed E-state index contributed by atoms with van der Waals surface area (Å²) in [4.78, 5) is 25.3. The van der Waals surface area contributed by atoms with Gasteiger partial charge >= 0.3 is 0 Å². The Hall–Kier alpha value is -1.38. The van der Waals surface area contributed by atoms with Gasteiger partial charge in [-0.25, -0.2) is 0 Å². The fraction of sp³-hybridized carbons (Fsp3) is 0.167. The summed E-state index contributed by atoms with van der Waals surface area (Å²) >= 11 is 5.99. The average molecular weight is 375 g/mol. The summed E-state index contributed by atoms with van der Waals surface area (Å²) in [5, 5.41) is 1.65. The van der Waals surface area contributed by atoms with Crippen molar-refractivity contribution in [2.45, 2.75) is 6.92 Å². The second kappa shape index (κ2) is 6.38. The molecule has 5 nitrogen and oxygen atoms in total. The highest BCUT2D eigenvalue weighted by atomic mass is 79.9. The van der Waals surface area contributed by atoms with Gasteiger partial charge in [-0.15, -0.1) is 22.7 Å². The van der Waals surface area contributed by atoms with Crippen LogP contribution in [0.5, 0.6) is 5.75 Å². The second-order valence-corrected chi connectivity index (χ2v) is 7.26. The highest BCUT2D eigenvalue weighted by molar-refractivity contribution is 9.11. The largest absolute Gasteiger partial charge is 0.494 e. The summed E-state index contributed by atoms with van der Waals surface area (Å²) in [7, 11) is 1.48. The van der Waals surface area contributed by atoms with E-state index in [0.29, 0.717) is 16.2 Å². The summed E-state index contributed by atoms with van der Waals surface area (Å²) in [5.74, 6) is -0.316. The third-order valence-corrected chi connectivity index (χ3v) is 5.07. The van der Waals surface area contributed by atoms with Gasteiger partial charge in [0.15, 0.2) is 5.75 Å². The highest BCUT2D eigenvalue weighted by Gasteiger charge is 2.18. The van der Waals surface area contributed by atoms with Crippen LogP contribution in [0.1, 0.15) is 24.9 Å². The molecule has 2 aromatic rings. The molecular weight excluding hydrogens is 364 g/mol. The van der Waals surface area contributed by atoms with Crippen molar-refractivity contribution in [3.8, 4) is 5.75 Å². The molecular formula is C12H11BrN2O3S2. The molecule has 0 saturated carbocycles. The molecule has 0 atom stereocenters. The van der Waals surface area contributed by atoms with E-state index in [-0.39, 0.29) is 5.91 Å². The second-order valence-electron chi connectivity index (χ2n) is 3.77. The molecule has 2 rings (SSSR count). The van der Waals surface area contributed by atoms with Gasteiger partial charge in [-0.3, -0.25) is 20.4 Å². The Morgan fingerprint density at radius 1 is 1.25 bits per heavy atom. The van der Waals surface area contributed by atoms with Crippen molar-refractivity contribution in [3.63, 3.8) is 0 Å². The number of carbonyl (C=O) groups excluding carboxylic acids is 2. The van der Waals surface area contributed by atoms with Crippen LogP contribution in [-0.4, -0.2) is 18.9 Å². The van der Waals surface area contributed by atoms with Crippen molar-refractivity contribution in [2.24, 2.45) is 0 Å². The zero-order valence-electron chi connectivity index (χ0n) is 10.7. The first-order chi connectivity index (χ1) is 9.52. The molecule has 0 bridgehead atoms. The third-order valence-electron chi connectivity index (χ3n) is 2.41. The van der Waals surface area contributed by atoms with Crippen molar-refractivity contribution in [2.75, 3.05) is 7.11 Å². The minimum atomic E-state index is -0.426. The fourth-order valence-electron chi connectivity index (χ4n) is 1.47. The van der Waals surface area contributed by atoms with Crippen LogP contribution in [0.4, 0.5) is 0 Å². The number of nitrogens with one attached hydrogen (secondary N) is 2. The molecule has 2 heterocycles. The molecule has 0 saturated heterocycles. The Balaban J connectivity index is 2.00. The van der Waals surface area contributed by atoms with E-state index in [1.807, 2.05) is 13.0 Å². The van der Waals surface area contributed by atoms with Crippen molar-refractivity contribution < 1.29 is 14.3 Å². The van der Waals surface area contributed by atoms with Crippen molar-refractivity contribution >= 4 is 50.4 Å². The van der Waals surface area contributed by atoms with Crippen LogP contribution in [-0.2, 0) is 0 Å². The number of hydrogen-bond donors (Lipinski definition) is 2. The van der Waals surface area contributed by atoms with Gasteiger partial charge in [-0.1, -0.05) is 0 Å². The predicted octanol–water partition coefficient (Wildman–Crippen LogP) is 2.96. The van der Waals surface area contributed by atoms with E-state index in [4.69, 9.17) is 4.74 Å². The van der Waals surface area contributed by atoms with Gasteiger partial charge in [-0.05, 0) is 35.0 Å². The minimum Gasteiger partial charge on any atom is -0.494 e. The molecule has 8 heteroatoms. The summed E-state index contributed by atoms with van der Waals surface area (Å²) in [6.07, 6.45) is 0. The van der Waals surface area contributed by atoms with E-state index in [9.17, 15) is 9.59 Å². The van der Waals surface area contributed by atoms with Gasteiger partial charge in [-0.2, -0.15) is 0 Å². The Bertz CT molecular complexity index is 651. The monoisotopic (exact) mass is 374 g/mol. The topological polar surface area (TPSA) is 67.4 Å². The number of hydrazine groups is 1. The molecule has 2 amide bonds. The highest BCUT2D eigenvalue weighted by Crippen LogP contribution is 2.35. The Labute approximate surface area is 132 Å². The van der Waals surface area contributed by atoms with Gasteiger partial charge in [0, 0.05) is 10.3 Å². The lowest BCUT2D eigenvalue weighted by Crippen LogP contribution is -2.41. The van der Waals surface area contributed by atoms with Gasteiger partial charge in [0.1, 0.15) is 3.79 Å². The number of carbonyl (C=O) groups is 2. The van der Waals surface area contributed by atoms with Crippen LogP contribution in [0.3, 0.4) is 0 Å². The van der Waals surface area contributed by atoms with Gasteiger partial charge in [0.2, 0.25) is 0 Å². The van der Waals surface area contributed by atoms with Crippen LogP contribution in [0.2, 0.25) is 0 Å². The Morgan fingerprint density at radius 3 is 2.55 bits per heavy atom. The summed E-state index contributed by atoms with van der Waals surface area (Å²) < 4.78 is 5.85. The maximum Gasteiger partial charge on any atom is 0.279 e. The van der Waals surface area contributed by atoms with E-state index in [1.165, 1.54) is 29.8 Å². The lowest BCUT2D eigenvalue weighted by molar-refractivity contribution is 0.0847. The van der Waals surface area contributed by atoms with Crippen LogP contribution >= 0.6 is 38.6 Å². The molecule has 2 aromatic heterocycles. The van der Waals surface area contributed by atoms with Crippen LogP contribution < -0.4 is 15.6 Å². The zero-order valence-corrected chi connectivity index (χ0v) is 13.9. The van der Waals surface area contributed by atoms with Crippen LogP contribution in [0, 0.1) is 6.92 Å². The molecule has 106 valence electrons. The van der Waals surface area contributed by atoms with E-state index in [0.717, 1.165) is 8.66 Å². The lowest BCUT2D eigenvalue weighted by Gasteiger charge is -2.06. The summed E-state index contributed by atoms with van der Waals surface area (Å²) in [5.41, 5.74) is 5.11. The van der Waals surface area contributed by atoms with Crippen molar-refractivity contribution in [1.82, 2.24) is 10.9 Å². The quantitative estimate of drug-likeness (QED) is 0.811. The van der Waals surface area contributed by atoms with Crippen LogP contribution in [0.15, 0.2) is 21.3 Å². The SMILES string of the molecule is COc1c(C(=O)NNC(=O)c2ccc(C)s2)csc1Br. The van der Waals surface area contributed by atoms with E-state index in [2.05, 4.69) is 26.8 Å². The van der Waals surface area contributed by atoms with E-state index < -0.39 is 5.91 Å². The summed E-state index contributed by atoms with van der Waals surface area (Å²) in [6.45, 7) is 1.91. The fourth-order valence-corrected chi connectivity index (χ4v) is 3.62. The van der Waals surface area contributed by atoms with Crippen molar-refractivity contribution in [3.05, 3.63) is 36.6 Å². The molecule has 20 heavy (non-hydrogen) atoms. The molecule has 0 aliphatic rings. The number of hydrogen-bond acceptors (Lipinski definition) is 5. The number of methoxy groups -OCH3 is 1. The number of rotatable bonds is 3. The average Bonchev–Trinajstić information content (AvgIpc) is 3.01. The molecule has 0 spiro atoms. The number of halogens is 1. The molecule has 0 fully saturated rings. The number of ether oxygens (including phenoxy) is 1. The van der Waals surface area contributed by atoms with Gasteiger partial charge < -0.3 is 4.74 Å². The minimum absolute atomic E-state index is 0.343. The first-order valence-electron chi connectivity index (χ1n) is 5.51. The maximum absolute atomic E-state index is 12.0. The predicted molar refractivity (Wildman–Crippen MR) is 82.6 cm³/mol. The third kappa shape index (κ3) is 3.20. The standard InChI is InChI=1S/C12H11BrN2O3S2/c1-6-3-4-8(20-6)12(17)15-14-11(16)7-5-19-10(13)9(7)18-2/h3-5H,1-2H3,(H,14,16)(H,15,17). The Kier molecular flexibility index (Phi) is 4.79. The molecule has 0 aliphatic carbocycles. The molecule has 0 radical (unpaired) electrons. The molecule has 0 aliphatic heterocycles. The first-order valence-corrected chi connectivity index (χ1v) is 8.00. The summed E-state index contributed by atoms with van der Waals surface area (Å²) in [6, 6.07) is 3.56. The van der Waals surface area contributed by atoms with Crippen LogP contribution in [0.25, 0.3) is 0 Å². The molecule has 0 unspecified atom stereocenters.